The van der Waals surface area contributed by atoms with Crippen molar-refractivity contribution in [2.24, 2.45) is 5.92 Å². The Kier molecular flexibility index (Phi) is 7.69. The molecule has 4 heteroatoms. The number of nitrogens with one attached hydrogen (secondary N) is 1. The first-order valence-electron chi connectivity index (χ1n) is 12.0. The van der Waals surface area contributed by atoms with Gasteiger partial charge in [0.2, 0.25) is 5.91 Å². The molecule has 34 heavy (non-hydrogen) atoms. The lowest BCUT2D eigenvalue weighted by atomic mass is 9.88. The number of carbonyl (C=O) groups excluding carboxylic acids is 1. The number of rotatable bonds is 10. The smallest absolute Gasteiger partial charge is 0.220 e. The van der Waals surface area contributed by atoms with Crippen LogP contribution in [0.25, 0.3) is 10.9 Å². The second-order valence-electron chi connectivity index (χ2n) is 9.37. The van der Waals surface area contributed by atoms with Crippen molar-refractivity contribution in [3.8, 4) is 5.75 Å². The fourth-order valence-electron chi connectivity index (χ4n) is 4.46. The fourth-order valence-corrected chi connectivity index (χ4v) is 4.46. The van der Waals surface area contributed by atoms with E-state index in [0.29, 0.717) is 18.9 Å². The third kappa shape index (κ3) is 5.88. The van der Waals surface area contributed by atoms with E-state index in [2.05, 4.69) is 90.6 Å². The molecule has 1 heterocycles. The van der Waals surface area contributed by atoms with Crippen LogP contribution in [0.3, 0.4) is 0 Å². The van der Waals surface area contributed by atoms with E-state index in [1.165, 1.54) is 27.6 Å². The van der Waals surface area contributed by atoms with Gasteiger partial charge in [0.1, 0.15) is 5.75 Å². The number of aromatic nitrogens is 1. The minimum Gasteiger partial charge on any atom is -0.497 e. The maximum Gasteiger partial charge on any atom is 0.220 e. The molecule has 0 saturated carbocycles. The summed E-state index contributed by atoms with van der Waals surface area (Å²) in [4.78, 5) is 12.9. The Bertz CT molecular complexity index is 1210. The maximum absolute atomic E-state index is 12.9. The number of hydrogen-bond acceptors (Lipinski definition) is 2. The van der Waals surface area contributed by atoms with E-state index in [-0.39, 0.29) is 11.8 Å². The van der Waals surface area contributed by atoms with Gasteiger partial charge >= 0.3 is 0 Å². The largest absolute Gasteiger partial charge is 0.497 e. The zero-order valence-corrected chi connectivity index (χ0v) is 20.3. The molecule has 176 valence electrons. The van der Waals surface area contributed by atoms with E-state index < -0.39 is 0 Å². The monoisotopic (exact) mass is 454 g/mol. The molecule has 4 aromatic rings. The number of methoxy groups -OCH3 is 1. The molecule has 0 spiro atoms. The molecular formula is C30H34N2O2. The molecule has 0 saturated heterocycles. The van der Waals surface area contributed by atoms with Crippen LogP contribution in [-0.2, 0) is 17.8 Å². The van der Waals surface area contributed by atoms with Crippen molar-refractivity contribution in [3.63, 3.8) is 0 Å². The van der Waals surface area contributed by atoms with Gasteiger partial charge < -0.3 is 14.6 Å². The van der Waals surface area contributed by atoms with E-state index >= 15 is 0 Å². The Morgan fingerprint density at radius 3 is 2.32 bits per heavy atom. The normalized spacial score (nSPS) is 12.1. The number of amides is 1. The molecule has 1 amide bonds. The quantitative estimate of drug-likeness (QED) is 0.311. The van der Waals surface area contributed by atoms with E-state index in [1.54, 1.807) is 7.11 Å². The molecule has 0 fully saturated rings. The molecule has 1 atom stereocenters. The van der Waals surface area contributed by atoms with Crippen LogP contribution in [0.4, 0.5) is 0 Å². The van der Waals surface area contributed by atoms with Crippen molar-refractivity contribution in [2.75, 3.05) is 13.7 Å². The average Bonchev–Trinajstić information content (AvgIpc) is 3.22. The van der Waals surface area contributed by atoms with Crippen molar-refractivity contribution in [2.45, 2.75) is 39.2 Å². The minimum atomic E-state index is 0.0941. The summed E-state index contributed by atoms with van der Waals surface area (Å²) in [7, 11) is 1.69. The lowest BCUT2D eigenvalue weighted by Crippen LogP contribution is -2.29. The summed E-state index contributed by atoms with van der Waals surface area (Å²) in [5.74, 6) is 1.50. The summed E-state index contributed by atoms with van der Waals surface area (Å²) in [6, 6.07) is 27.2. The zero-order chi connectivity index (χ0) is 23.9. The van der Waals surface area contributed by atoms with Crippen LogP contribution < -0.4 is 10.1 Å². The molecule has 0 radical (unpaired) electrons. The fraction of sp³-hybridized carbons (Fsp3) is 0.300. The van der Waals surface area contributed by atoms with Crippen molar-refractivity contribution in [1.29, 1.82) is 0 Å². The first-order chi connectivity index (χ1) is 16.5. The number of ether oxygens (including phenoxy) is 1. The van der Waals surface area contributed by atoms with E-state index in [1.807, 2.05) is 18.2 Å². The van der Waals surface area contributed by atoms with Crippen LogP contribution in [0, 0.1) is 5.92 Å². The Balaban J connectivity index is 1.67. The topological polar surface area (TPSA) is 43.3 Å². The van der Waals surface area contributed by atoms with E-state index in [4.69, 9.17) is 4.74 Å². The predicted molar refractivity (Wildman–Crippen MR) is 139 cm³/mol. The first kappa shape index (κ1) is 23.6. The van der Waals surface area contributed by atoms with Crippen LogP contribution in [0.1, 0.15) is 42.9 Å². The number of benzene rings is 3. The van der Waals surface area contributed by atoms with Crippen LogP contribution in [0.15, 0.2) is 85.1 Å². The standard InChI is InChI=1S/C30H34N2O2/c1-22(2)19-31-30(33)18-25(17-23-9-5-4-6-10-23)28-21-32(29-12-8-7-11-27(28)29)20-24-13-15-26(34-3)16-14-24/h4-16,21-22,25H,17-20H2,1-3H3,(H,31,33). The molecule has 4 nitrogen and oxygen atoms in total. The lowest BCUT2D eigenvalue weighted by molar-refractivity contribution is -0.121. The van der Waals surface area contributed by atoms with Gasteiger partial charge in [0.05, 0.1) is 7.11 Å². The summed E-state index contributed by atoms with van der Waals surface area (Å²) in [6.07, 6.45) is 3.54. The van der Waals surface area contributed by atoms with Crippen molar-refractivity contribution in [1.82, 2.24) is 9.88 Å². The molecule has 4 rings (SSSR count). The van der Waals surface area contributed by atoms with Gasteiger partial charge in [-0.2, -0.15) is 0 Å². The van der Waals surface area contributed by atoms with Crippen LogP contribution >= 0.6 is 0 Å². The maximum atomic E-state index is 12.9. The molecule has 0 aliphatic carbocycles. The molecule has 0 aliphatic heterocycles. The third-order valence-corrected chi connectivity index (χ3v) is 6.24. The van der Waals surface area contributed by atoms with Gasteiger partial charge in [-0.3, -0.25) is 4.79 Å². The number of hydrogen-bond donors (Lipinski definition) is 1. The van der Waals surface area contributed by atoms with Gasteiger partial charge in [0.15, 0.2) is 0 Å². The Labute approximate surface area is 202 Å². The predicted octanol–water partition coefficient (Wildman–Crippen LogP) is 6.19. The van der Waals surface area contributed by atoms with Gasteiger partial charge in [-0.1, -0.05) is 74.5 Å². The molecule has 3 aromatic carbocycles. The summed E-state index contributed by atoms with van der Waals surface area (Å²) in [5, 5.41) is 4.33. The summed E-state index contributed by atoms with van der Waals surface area (Å²) in [5.41, 5.74) is 4.88. The molecule has 0 aliphatic rings. The van der Waals surface area contributed by atoms with E-state index in [9.17, 15) is 4.79 Å². The SMILES string of the molecule is COc1ccc(Cn2cc(C(CC(=O)NCC(C)C)Cc3ccccc3)c3ccccc32)cc1. The number of fused-ring (bicyclic) bond motifs is 1. The number of carbonyl (C=O) groups is 1. The number of para-hydroxylation sites is 1. The van der Waals surface area contributed by atoms with Crippen LogP contribution in [0.2, 0.25) is 0 Å². The summed E-state index contributed by atoms with van der Waals surface area (Å²) < 4.78 is 7.61. The molecular weight excluding hydrogens is 420 g/mol. The van der Waals surface area contributed by atoms with Gasteiger partial charge in [0.25, 0.3) is 0 Å². The Morgan fingerprint density at radius 2 is 1.62 bits per heavy atom. The molecule has 1 N–H and O–H groups in total. The van der Waals surface area contributed by atoms with Gasteiger partial charge in [-0.15, -0.1) is 0 Å². The van der Waals surface area contributed by atoms with Gasteiger partial charge in [0, 0.05) is 36.6 Å². The Hall–Kier alpha value is -3.53. The summed E-state index contributed by atoms with van der Waals surface area (Å²) >= 11 is 0. The van der Waals surface area contributed by atoms with Gasteiger partial charge in [-0.05, 0) is 53.1 Å². The second kappa shape index (κ2) is 11.1. The van der Waals surface area contributed by atoms with Crippen LogP contribution in [-0.4, -0.2) is 24.1 Å². The van der Waals surface area contributed by atoms with Crippen molar-refractivity contribution in [3.05, 3.63) is 102 Å². The highest BCUT2D eigenvalue weighted by molar-refractivity contribution is 5.86. The van der Waals surface area contributed by atoms with Crippen molar-refractivity contribution < 1.29 is 9.53 Å². The first-order valence-corrected chi connectivity index (χ1v) is 12.0. The highest BCUT2D eigenvalue weighted by Gasteiger charge is 2.22. The Morgan fingerprint density at radius 1 is 0.912 bits per heavy atom. The van der Waals surface area contributed by atoms with Gasteiger partial charge in [-0.25, -0.2) is 0 Å². The molecule has 1 aromatic heterocycles. The van der Waals surface area contributed by atoms with E-state index in [0.717, 1.165) is 18.7 Å². The molecule has 0 bridgehead atoms. The zero-order valence-electron chi connectivity index (χ0n) is 20.3. The highest BCUT2D eigenvalue weighted by atomic mass is 16.5. The highest BCUT2D eigenvalue weighted by Crippen LogP contribution is 2.33. The van der Waals surface area contributed by atoms with Crippen LogP contribution in [0.5, 0.6) is 5.75 Å². The second-order valence-corrected chi connectivity index (χ2v) is 9.37. The van der Waals surface area contributed by atoms with Crippen molar-refractivity contribution >= 4 is 16.8 Å². The summed E-state index contributed by atoms with van der Waals surface area (Å²) in [6.45, 7) is 5.71. The molecule has 1 unspecified atom stereocenters. The average molecular weight is 455 g/mol. The third-order valence-electron chi connectivity index (χ3n) is 6.24. The minimum absolute atomic E-state index is 0.0941. The lowest BCUT2D eigenvalue weighted by Gasteiger charge is -2.17. The number of nitrogens with zero attached hydrogens (tertiary/aromatic N) is 1.